The lowest BCUT2D eigenvalue weighted by Crippen LogP contribution is -2.33. The zero-order chi connectivity index (χ0) is 13.4. The van der Waals surface area contributed by atoms with Gasteiger partial charge in [0, 0.05) is 0 Å². The molecule has 1 aliphatic carbocycles. The molecule has 0 fully saturated rings. The predicted octanol–water partition coefficient (Wildman–Crippen LogP) is 2.48. The molecule has 1 rings (SSSR count). The maximum Gasteiger partial charge on any atom is 0.309 e. The summed E-state index contributed by atoms with van der Waals surface area (Å²) in [6, 6.07) is 0. The van der Waals surface area contributed by atoms with Crippen molar-refractivity contribution in [2.24, 2.45) is 11.8 Å². The van der Waals surface area contributed by atoms with Crippen LogP contribution in [0.15, 0.2) is 12.2 Å². The molecular formula is C14H22O4. The molecule has 2 atom stereocenters. The number of allylic oxidation sites excluding steroid dienone is 2. The molecular weight excluding hydrogens is 232 g/mol. The van der Waals surface area contributed by atoms with Crippen LogP contribution in [0.1, 0.15) is 39.5 Å². The fraction of sp³-hybridized carbons (Fsp3) is 0.714. The molecule has 0 spiro atoms. The summed E-state index contributed by atoms with van der Waals surface area (Å²) in [5, 5.41) is 0. The van der Waals surface area contributed by atoms with Gasteiger partial charge >= 0.3 is 11.9 Å². The quantitative estimate of drug-likeness (QED) is 0.571. The second-order valence-corrected chi connectivity index (χ2v) is 4.34. The van der Waals surface area contributed by atoms with Crippen molar-refractivity contribution >= 4 is 11.9 Å². The summed E-state index contributed by atoms with van der Waals surface area (Å²) < 4.78 is 10.1. The summed E-state index contributed by atoms with van der Waals surface area (Å²) >= 11 is 0. The molecule has 0 aliphatic heterocycles. The Morgan fingerprint density at radius 2 is 1.33 bits per heavy atom. The highest BCUT2D eigenvalue weighted by atomic mass is 16.5. The molecule has 102 valence electrons. The number of esters is 2. The predicted molar refractivity (Wildman–Crippen MR) is 67.9 cm³/mol. The minimum atomic E-state index is -0.367. The van der Waals surface area contributed by atoms with Crippen molar-refractivity contribution in [1.29, 1.82) is 0 Å². The Labute approximate surface area is 108 Å². The van der Waals surface area contributed by atoms with Crippen molar-refractivity contribution in [3.63, 3.8) is 0 Å². The van der Waals surface area contributed by atoms with E-state index in [4.69, 9.17) is 9.47 Å². The SMILES string of the molecule is CCOC(=O)C1CC/C=C\CCC1C(=O)OCC. The largest absolute Gasteiger partial charge is 0.466 e. The smallest absolute Gasteiger partial charge is 0.309 e. The summed E-state index contributed by atoms with van der Waals surface area (Å²) in [4.78, 5) is 23.9. The van der Waals surface area contributed by atoms with E-state index in [1.54, 1.807) is 13.8 Å². The fourth-order valence-electron chi connectivity index (χ4n) is 2.25. The first-order chi connectivity index (χ1) is 8.70. The van der Waals surface area contributed by atoms with Gasteiger partial charge in [-0.1, -0.05) is 12.2 Å². The Morgan fingerprint density at radius 3 is 1.67 bits per heavy atom. The van der Waals surface area contributed by atoms with Crippen molar-refractivity contribution in [2.75, 3.05) is 13.2 Å². The Balaban J connectivity index is 2.79. The van der Waals surface area contributed by atoms with Crippen molar-refractivity contribution in [3.8, 4) is 0 Å². The number of hydrogen-bond acceptors (Lipinski definition) is 4. The molecule has 0 saturated carbocycles. The van der Waals surface area contributed by atoms with Crippen LogP contribution in [-0.4, -0.2) is 25.2 Å². The summed E-state index contributed by atoms with van der Waals surface area (Å²) in [6.45, 7) is 4.25. The van der Waals surface area contributed by atoms with Gasteiger partial charge in [-0.05, 0) is 39.5 Å². The van der Waals surface area contributed by atoms with E-state index in [1.807, 2.05) is 0 Å². The van der Waals surface area contributed by atoms with Crippen LogP contribution in [0.4, 0.5) is 0 Å². The first-order valence-electron chi connectivity index (χ1n) is 6.69. The van der Waals surface area contributed by atoms with Crippen LogP contribution in [0.2, 0.25) is 0 Å². The van der Waals surface area contributed by atoms with Crippen LogP contribution in [0, 0.1) is 11.8 Å². The molecule has 0 heterocycles. The second kappa shape index (κ2) is 7.90. The highest BCUT2D eigenvalue weighted by molar-refractivity contribution is 5.82. The second-order valence-electron chi connectivity index (χ2n) is 4.34. The molecule has 0 bridgehead atoms. The summed E-state index contributed by atoms with van der Waals surface area (Å²) in [5.41, 5.74) is 0. The molecule has 2 unspecified atom stereocenters. The van der Waals surface area contributed by atoms with Crippen LogP contribution in [0.5, 0.6) is 0 Å². The third-order valence-corrected chi connectivity index (χ3v) is 3.12. The monoisotopic (exact) mass is 254 g/mol. The van der Waals surface area contributed by atoms with Crippen LogP contribution in [0.25, 0.3) is 0 Å². The molecule has 0 amide bonds. The number of rotatable bonds is 4. The molecule has 1 aliphatic rings. The average molecular weight is 254 g/mol. The van der Waals surface area contributed by atoms with Gasteiger partial charge in [0.25, 0.3) is 0 Å². The Kier molecular flexibility index (Phi) is 6.47. The van der Waals surface area contributed by atoms with E-state index in [0.29, 0.717) is 26.1 Å². The van der Waals surface area contributed by atoms with E-state index in [2.05, 4.69) is 12.2 Å². The summed E-state index contributed by atoms with van der Waals surface area (Å²) in [5.74, 6) is -1.28. The standard InChI is InChI=1S/C14H22O4/c1-3-17-13(15)11-9-7-5-6-8-10-12(11)14(16)18-4-2/h5-6,11-12H,3-4,7-10H2,1-2H3/b6-5-. The van der Waals surface area contributed by atoms with Gasteiger partial charge in [-0.25, -0.2) is 0 Å². The molecule has 0 saturated heterocycles. The Morgan fingerprint density at radius 1 is 0.944 bits per heavy atom. The number of ether oxygens (including phenoxy) is 2. The van der Waals surface area contributed by atoms with E-state index in [9.17, 15) is 9.59 Å². The number of carbonyl (C=O) groups is 2. The molecule has 0 N–H and O–H groups in total. The number of hydrogen-bond donors (Lipinski definition) is 0. The Bertz CT molecular complexity index is 279. The lowest BCUT2D eigenvalue weighted by molar-refractivity contribution is -0.161. The van der Waals surface area contributed by atoms with Gasteiger partial charge in [0.2, 0.25) is 0 Å². The molecule has 18 heavy (non-hydrogen) atoms. The van der Waals surface area contributed by atoms with Gasteiger partial charge in [0.1, 0.15) is 0 Å². The van der Waals surface area contributed by atoms with Gasteiger partial charge in [0.15, 0.2) is 0 Å². The van der Waals surface area contributed by atoms with Crippen LogP contribution in [-0.2, 0) is 19.1 Å². The topological polar surface area (TPSA) is 52.6 Å². The molecule has 4 heteroatoms. The van der Waals surface area contributed by atoms with Gasteiger partial charge < -0.3 is 9.47 Å². The van der Waals surface area contributed by atoms with Gasteiger partial charge in [-0.15, -0.1) is 0 Å². The van der Waals surface area contributed by atoms with Crippen LogP contribution < -0.4 is 0 Å². The first kappa shape index (κ1) is 14.7. The Hall–Kier alpha value is -1.32. The highest BCUT2D eigenvalue weighted by Gasteiger charge is 2.35. The van der Waals surface area contributed by atoms with Crippen molar-refractivity contribution in [2.45, 2.75) is 39.5 Å². The van der Waals surface area contributed by atoms with Crippen molar-refractivity contribution in [1.82, 2.24) is 0 Å². The third-order valence-electron chi connectivity index (χ3n) is 3.12. The van der Waals surface area contributed by atoms with Gasteiger partial charge in [-0.3, -0.25) is 9.59 Å². The molecule has 0 aromatic rings. The van der Waals surface area contributed by atoms with Crippen molar-refractivity contribution < 1.29 is 19.1 Å². The average Bonchev–Trinajstić information content (AvgIpc) is 2.29. The summed E-state index contributed by atoms with van der Waals surface area (Å²) in [7, 11) is 0. The molecule has 0 aromatic carbocycles. The maximum absolute atomic E-state index is 11.9. The van der Waals surface area contributed by atoms with Crippen molar-refractivity contribution in [3.05, 3.63) is 12.2 Å². The van der Waals surface area contributed by atoms with E-state index >= 15 is 0 Å². The van der Waals surface area contributed by atoms with Gasteiger partial charge in [-0.2, -0.15) is 0 Å². The maximum atomic E-state index is 11.9. The fourth-order valence-corrected chi connectivity index (χ4v) is 2.25. The zero-order valence-electron chi connectivity index (χ0n) is 11.2. The molecule has 4 nitrogen and oxygen atoms in total. The number of carbonyl (C=O) groups excluding carboxylic acids is 2. The van der Waals surface area contributed by atoms with Crippen LogP contribution in [0.3, 0.4) is 0 Å². The van der Waals surface area contributed by atoms with E-state index in [0.717, 1.165) is 12.8 Å². The van der Waals surface area contributed by atoms with Crippen LogP contribution >= 0.6 is 0 Å². The van der Waals surface area contributed by atoms with E-state index in [1.165, 1.54) is 0 Å². The minimum Gasteiger partial charge on any atom is -0.466 e. The lowest BCUT2D eigenvalue weighted by Gasteiger charge is -2.24. The molecule has 0 aromatic heterocycles. The molecule has 0 radical (unpaired) electrons. The first-order valence-corrected chi connectivity index (χ1v) is 6.69. The minimum absolute atomic E-state index is 0.272. The lowest BCUT2D eigenvalue weighted by atomic mass is 9.83. The van der Waals surface area contributed by atoms with E-state index in [-0.39, 0.29) is 23.8 Å². The normalized spacial score (nSPS) is 25.7. The third kappa shape index (κ3) is 4.17. The van der Waals surface area contributed by atoms with E-state index < -0.39 is 0 Å². The zero-order valence-corrected chi connectivity index (χ0v) is 11.2. The van der Waals surface area contributed by atoms with Gasteiger partial charge in [0.05, 0.1) is 25.0 Å². The highest BCUT2D eigenvalue weighted by Crippen LogP contribution is 2.28. The summed E-state index contributed by atoms with van der Waals surface area (Å²) in [6.07, 6.45) is 7.04.